The Kier molecular flexibility index (Phi) is 4.97. The average Bonchev–Trinajstić information content (AvgIpc) is 2.38. The van der Waals surface area contributed by atoms with Gasteiger partial charge in [0.2, 0.25) is 5.88 Å². The first-order valence-corrected chi connectivity index (χ1v) is 4.87. The van der Waals surface area contributed by atoms with E-state index in [1.807, 2.05) is 0 Å². The number of nitrogens with zero attached hydrogens (tertiary/aromatic N) is 5. The van der Waals surface area contributed by atoms with Gasteiger partial charge in [0, 0.05) is 23.9 Å². The third-order valence-corrected chi connectivity index (χ3v) is 1.86. The third-order valence-electron chi connectivity index (χ3n) is 1.86. The van der Waals surface area contributed by atoms with Gasteiger partial charge in [-0.3, -0.25) is 10.1 Å². The highest BCUT2D eigenvalue weighted by molar-refractivity contribution is 5.47. The second kappa shape index (κ2) is 6.73. The summed E-state index contributed by atoms with van der Waals surface area (Å²) in [4.78, 5) is 16.4. The zero-order valence-corrected chi connectivity index (χ0v) is 9.53. The highest BCUT2D eigenvalue weighted by Crippen LogP contribution is 2.19. The van der Waals surface area contributed by atoms with Crippen molar-refractivity contribution in [1.29, 1.82) is 0 Å². The lowest BCUT2D eigenvalue weighted by Crippen LogP contribution is -1.95. The number of aromatic nitrogens is 1. The molecule has 0 spiro atoms. The molecule has 0 saturated carbocycles. The van der Waals surface area contributed by atoms with E-state index < -0.39 is 4.92 Å². The zero-order valence-electron chi connectivity index (χ0n) is 9.53. The topological polar surface area (TPSA) is 114 Å². The van der Waals surface area contributed by atoms with Gasteiger partial charge in [0.15, 0.2) is 0 Å². The normalized spacial score (nSPS) is 8.72. The molecular formula is C10H9N5O3. The van der Waals surface area contributed by atoms with Crippen molar-refractivity contribution in [2.45, 2.75) is 6.42 Å². The molecular weight excluding hydrogens is 238 g/mol. The predicted molar refractivity (Wildman–Crippen MR) is 63.0 cm³/mol. The van der Waals surface area contributed by atoms with E-state index in [4.69, 9.17) is 10.3 Å². The molecule has 0 aromatic carbocycles. The second-order valence-corrected chi connectivity index (χ2v) is 3.01. The lowest BCUT2D eigenvalue weighted by Gasteiger charge is -2.00. The van der Waals surface area contributed by atoms with Crippen molar-refractivity contribution in [1.82, 2.24) is 4.98 Å². The molecule has 8 nitrogen and oxygen atoms in total. The molecule has 0 aliphatic carbocycles. The van der Waals surface area contributed by atoms with Gasteiger partial charge in [-0.05, 0) is 5.53 Å². The lowest BCUT2D eigenvalue weighted by atomic mass is 10.2. The summed E-state index contributed by atoms with van der Waals surface area (Å²) in [7, 11) is 1.40. The molecule has 0 unspecified atom stereocenters. The molecule has 0 amide bonds. The summed E-state index contributed by atoms with van der Waals surface area (Å²) >= 11 is 0. The largest absolute Gasteiger partial charge is 0.480 e. The monoisotopic (exact) mass is 247 g/mol. The van der Waals surface area contributed by atoms with Crippen LogP contribution in [0.2, 0.25) is 0 Å². The first-order valence-electron chi connectivity index (χ1n) is 4.87. The Balaban J connectivity index is 2.93. The number of nitro groups is 1. The maximum Gasteiger partial charge on any atom is 0.289 e. The van der Waals surface area contributed by atoms with E-state index in [0.29, 0.717) is 12.0 Å². The van der Waals surface area contributed by atoms with Gasteiger partial charge in [0.25, 0.3) is 5.69 Å². The van der Waals surface area contributed by atoms with Crippen molar-refractivity contribution in [2.24, 2.45) is 5.11 Å². The molecule has 8 heteroatoms. The molecule has 0 aliphatic rings. The van der Waals surface area contributed by atoms with E-state index in [2.05, 4.69) is 26.9 Å². The standard InChI is InChI=1S/C10H9N5O3/c1-18-10-8(4-2-3-5-13-14-11)6-9(7-12-10)15(16)17/h6-7H,3,5H2,1H3. The van der Waals surface area contributed by atoms with Crippen LogP contribution in [0.3, 0.4) is 0 Å². The van der Waals surface area contributed by atoms with E-state index >= 15 is 0 Å². The Bertz CT molecular complexity index is 554. The second-order valence-electron chi connectivity index (χ2n) is 3.01. The minimum Gasteiger partial charge on any atom is -0.480 e. The van der Waals surface area contributed by atoms with Crippen LogP contribution in [-0.4, -0.2) is 23.6 Å². The molecule has 1 aromatic rings. The Morgan fingerprint density at radius 1 is 1.72 bits per heavy atom. The molecule has 0 atom stereocenters. The molecule has 0 saturated heterocycles. The summed E-state index contributed by atoms with van der Waals surface area (Å²) in [5, 5.41) is 13.9. The molecule has 18 heavy (non-hydrogen) atoms. The van der Waals surface area contributed by atoms with Crippen LogP contribution in [0.15, 0.2) is 17.4 Å². The van der Waals surface area contributed by atoms with Gasteiger partial charge in [0.1, 0.15) is 6.20 Å². The predicted octanol–water partition coefficient (Wildman–Crippen LogP) is 2.05. The molecule has 92 valence electrons. The van der Waals surface area contributed by atoms with E-state index in [1.54, 1.807) is 0 Å². The van der Waals surface area contributed by atoms with Crippen molar-refractivity contribution < 1.29 is 9.66 Å². The van der Waals surface area contributed by atoms with Crippen molar-refractivity contribution in [3.05, 3.63) is 38.4 Å². The van der Waals surface area contributed by atoms with Gasteiger partial charge < -0.3 is 4.74 Å². The van der Waals surface area contributed by atoms with E-state index in [-0.39, 0.29) is 18.1 Å². The van der Waals surface area contributed by atoms with E-state index in [0.717, 1.165) is 6.20 Å². The number of ether oxygens (including phenoxy) is 1. The Labute approximate surface area is 102 Å². The summed E-state index contributed by atoms with van der Waals surface area (Å²) in [6, 6.07) is 1.28. The van der Waals surface area contributed by atoms with Gasteiger partial charge in [-0.1, -0.05) is 17.0 Å². The SMILES string of the molecule is COc1ncc([N+](=O)[O-])cc1C#CCCN=[N+]=[N-]. The zero-order chi connectivity index (χ0) is 13.4. The molecule has 0 radical (unpaired) electrons. The van der Waals surface area contributed by atoms with Crippen LogP contribution < -0.4 is 4.74 Å². The van der Waals surface area contributed by atoms with Crippen molar-refractivity contribution in [3.63, 3.8) is 0 Å². The van der Waals surface area contributed by atoms with Crippen LogP contribution in [0.1, 0.15) is 12.0 Å². The minimum absolute atomic E-state index is 0.157. The van der Waals surface area contributed by atoms with Crippen LogP contribution in [0, 0.1) is 22.0 Å². The van der Waals surface area contributed by atoms with Crippen LogP contribution >= 0.6 is 0 Å². The van der Waals surface area contributed by atoms with Crippen LogP contribution in [-0.2, 0) is 0 Å². The number of azide groups is 1. The Morgan fingerprint density at radius 3 is 3.11 bits per heavy atom. The maximum atomic E-state index is 10.6. The smallest absolute Gasteiger partial charge is 0.289 e. The number of rotatable bonds is 4. The number of hydrogen-bond donors (Lipinski definition) is 0. The highest BCUT2D eigenvalue weighted by Gasteiger charge is 2.10. The molecule has 1 aromatic heterocycles. The molecule has 0 aliphatic heterocycles. The highest BCUT2D eigenvalue weighted by atomic mass is 16.6. The maximum absolute atomic E-state index is 10.6. The van der Waals surface area contributed by atoms with Gasteiger partial charge >= 0.3 is 0 Å². The summed E-state index contributed by atoms with van der Waals surface area (Å²) in [5.41, 5.74) is 8.24. The molecule has 1 rings (SSSR count). The van der Waals surface area contributed by atoms with Crippen LogP contribution in [0.4, 0.5) is 5.69 Å². The number of hydrogen-bond acceptors (Lipinski definition) is 5. The Morgan fingerprint density at radius 2 is 2.50 bits per heavy atom. The van der Waals surface area contributed by atoms with Crippen molar-refractivity contribution in [3.8, 4) is 17.7 Å². The van der Waals surface area contributed by atoms with Crippen LogP contribution in [0.5, 0.6) is 5.88 Å². The van der Waals surface area contributed by atoms with Gasteiger partial charge in [-0.2, -0.15) is 0 Å². The van der Waals surface area contributed by atoms with Gasteiger partial charge in [-0.15, -0.1) is 0 Å². The van der Waals surface area contributed by atoms with Crippen molar-refractivity contribution >= 4 is 5.69 Å². The molecule has 0 fully saturated rings. The number of pyridine rings is 1. The fourth-order valence-corrected chi connectivity index (χ4v) is 1.10. The third kappa shape index (κ3) is 3.66. The summed E-state index contributed by atoms with van der Waals surface area (Å²) in [6.45, 7) is 0.244. The number of methoxy groups -OCH3 is 1. The summed E-state index contributed by atoms with van der Waals surface area (Å²) < 4.78 is 4.94. The fraction of sp³-hybridized carbons (Fsp3) is 0.300. The first kappa shape index (κ1) is 13.3. The lowest BCUT2D eigenvalue weighted by molar-refractivity contribution is -0.385. The molecule has 0 bridgehead atoms. The molecule has 1 heterocycles. The summed E-state index contributed by atoms with van der Waals surface area (Å²) in [6.07, 6.45) is 1.46. The molecule has 0 N–H and O–H groups in total. The average molecular weight is 247 g/mol. The fourth-order valence-electron chi connectivity index (χ4n) is 1.10. The van der Waals surface area contributed by atoms with Gasteiger partial charge in [-0.25, -0.2) is 4.98 Å². The van der Waals surface area contributed by atoms with E-state index in [9.17, 15) is 10.1 Å². The quantitative estimate of drug-likeness (QED) is 0.154. The van der Waals surface area contributed by atoms with Crippen molar-refractivity contribution in [2.75, 3.05) is 13.7 Å². The first-order chi connectivity index (χ1) is 8.69. The van der Waals surface area contributed by atoms with E-state index in [1.165, 1.54) is 13.2 Å². The van der Waals surface area contributed by atoms with Gasteiger partial charge in [0.05, 0.1) is 17.6 Å². The van der Waals surface area contributed by atoms with Crippen LogP contribution in [0.25, 0.3) is 10.4 Å². The Hall–Kier alpha value is -2.78. The summed E-state index contributed by atoms with van der Waals surface area (Å²) in [5.74, 6) is 5.63. The minimum atomic E-state index is -0.558.